The second-order valence-corrected chi connectivity index (χ2v) is 7.02. The number of phenols is 2. The molecular weight excluding hydrogens is 360 g/mol. The highest BCUT2D eigenvalue weighted by atomic mass is 16.6. The standard InChI is InChI=1S/C21H12N2O5/c1-23-13-7-9(25)3-5-11(13)15-17-16(20(26)28-21(17)27)14-10-4-2-8(24)6-12(10)22-18(14)19(15)23/h2-7,22,24-25H,1H3. The molecule has 0 bridgehead atoms. The molecule has 7 nitrogen and oxygen atoms in total. The van der Waals surface area contributed by atoms with E-state index < -0.39 is 11.9 Å². The van der Waals surface area contributed by atoms with Crippen LogP contribution in [0.25, 0.3) is 43.6 Å². The van der Waals surface area contributed by atoms with Crippen molar-refractivity contribution in [3.8, 4) is 11.5 Å². The number of ether oxygens (including phenoxy) is 1. The topological polar surface area (TPSA) is 105 Å². The summed E-state index contributed by atoms with van der Waals surface area (Å²) in [5.74, 6) is -1.17. The van der Waals surface area contributed by atoms with Gasteiger partial charge in [-0.05, 0) is 24.3 Å². The fourth-order valence-electron chi connectivity index (χ4n) is 4.44. The third-order valence-electron chi connectivity index (χ3n) is 5.55. The van der Waals surface area contributed by atoms with Gasteiger partial charge in [0, 0.05) is 40.7 Å². The Balaban J connectivity index is 2.02. The average Bonchev–Trinajstić information content (AvgIpc) is 3.25. The van der Waals surface area contributed by atoms with Gasteiger partial charge in [0.2, 0.25) is 0 Å². The van der Waals surface area contributed by atoms with Crippen molar-refractivity contribution in [3.63, 3.8) is 0 Å². The zero-order valence-electron chi connectivity index (χ0n) is 14.5. The number of hydrogen-bond acceptors (Lipinski definition) is 5. The second kappa shape index (κ2) is 4.64. The molecule has 7 heteroatoms. The highest BCUT2D eigenvalue weighted by Gasteiger charge is 2.37. The predicted octanol–water partition coefficient (Wildman–Crippen LogP) is 3.69. The summed E-state index contributed by atoms with van der Waals surface area (Å²) in [7, 11) is 1.83. The van der Waals surface area contributed by atoms with Crippen LogP contribution in [0.1, 0.15) is 20.7 Å². The molecule has 0 aliphatic carbocycles. The molecule has 1 aliphatic heterocycles. The van der Waals surface area contributed by atoms with E-state index >= 15 is 0 Å². The summed E-state index contributed by atoms with van der Waals surface area (Å²) in [6.45, 7) is 0. The van der Waals surface area contributed by atoms with E-state index in [0.29, 0.717) is 27.2 Å². The Morgan fingerprint density at radius 1 is 0.893 bits per heavy atom. The minimum Gasteiger partial charge on any atom is -0.508 e. The van der Waals surface area contributed by atoms with Crippen LogP contribution in [0, 0.1) is 0 Å². The third-order valence-corrected chi connectivity index (χ3v) is 5.55. The molecule has 3 N–H and O–H groups in total. The monoisotopic (exact) mass is 372 g/mol. The number of hydrogen-bond donors (Lipinski definition) is 3. The summed E-state index contributed by atoms with van der Waals surface area (Å²) in [6.07, 6.45) is 0. The van der Waals surface area contributed by atoms with Gasteiger partial charge in [0.25, 0.3) is 0 Å². The summed E-state index contributed by atoms with van der Waals surface area (Å²) in [5.41, 5.74) is 3.21. The molecule has 0 amide bonds. The number of H-pyrrole nitrogens is 1. The minimum atomic E-state index is -0.684. The number of nitrogens with one attached hydrogen (secondary N) is 1. The number of nitrogens with zero attached hydrogens (tertiary/aromatic N) is 1. The number of aryl methyl sites for hydroxylation is 1. The van der Waals surface area contributed by atoms with Crippen LogP contribution in [-0.4, -0.2) is 31.7 Å². The third kappa shape index (κ3) is 1.59. The lowest BCUT2D eigenvalue weighted by atomic mass is 9.96. The zero-order chi connectivity index (χ0) is 19.3. The number of fused-ring (bicyclic) bond motifs is 10. The van der Waals surface area contributed by atoms with Crippen LogP contribution < -0.4 is 0 Å². The van der Waals surface area contributed by atoms with Gasteiger partial charge in [-0.25, -0.2) is 9.59 Å². The van der Waals surface area contributed by atoms with Gasteiger partial charge in [0.15, 0.2) is 0 Å². The summed E-state index contributed by atoms with van der Waals surface area (Å²) in [5, 5.41) is 22.4. The van der Waals surface area contributed by atoms with E-state index in [1.807, 2.05) is 11.6 Å². The Bertz CT molecular complexity index is 1550. The molecule has 136 valence electrons. The van der Waals surface area contributed by atoms with Gasteiger partial charge in [-0.15, -0.1) is 0 Å². The van der Waals surface area contributed by atoms with Crippen molar-refractivity contribution >= 4 is 55.6 Å². The molecule has 28 heavy (non-hydrogen) atoms. The fourth-order valence-corrected chi connectivity index (χ4v) is 4.44. The zero-order valence-corrected chi connectivity index (χ0v) is 14.5. The van der Waals surface area contributed by atoms with Gasteiger partial charge in [-0.1, -0.05) is 0 Å². The van der Waals surface area contributed by atoms with Crippen LogP contribution in [0.4, 0.5) is 0 Å². The highest BCUT2D eigenvalue weighted by Crippen LogP contribution is 2.44. The van der Waals surface area contributed by atoms with E-state index in [4.69, 9.17) is 4.74 Å². The van der Waals surface area contributed by atoms with Crippen molar-refractivity contribution in [1.29, 1.82) is 0 Å². The van der Waals surface area contributed by atoms with Crippen LogP contribution in [-0.2, 0) is 11.8 Å². The molecule has 0 spiro atoms. The molecule has 6 rings (SSSR count). The van der Waals surface area contributed by atoms with Crippen molar-refractivity contribution in [2.75, 3.05) is 0 Å². The highest BCUT2D eigenvalue weighted by molar-refractivity contribution is 6.36. The Hall–Kier alpha value is -4.00. The molecule has 5 aromatic rings. The maximum Gasteiger partial charge on any atom is 0.347 e. The van der Waals surface area contributed by atoms with Crippen molar-refractivity contribution in [2.24, 2.45) is 7.05 Å². The van der Waals surface area contributed by atoms with Crippen LogP contribution in [0.2, 0.25) is 0 Å². The molecule has 0 saturated heterocycles. The first kappa shape index (κ1) is 15.1. The van der Waals surface area contributed by atoms with E-state index in [-0.39, 0.29) is 22.6 Å². The van der Waals surface area contributed by atoms with Gasteiger partial charge in [0.1, 0.15) is 11.5 Å². The molecule has 2 aromatic heterocycles. The van der Waals surface area contributed by atoms with Crippen molar-refractivity contribution in [1.82, 2.24) is 9.55 Å². The molecule has 3 heterocycles. The molecule has 0 atom stereocenters. The van der Waals surface area contributed by atoms with Gasteiger partial charge in [-0.3, -0.25) is 0 Å². The second-order valence-electron chi connectivity index (χ2n) is 7.02. The molecule has 1 aliphatic rings. The van der Waals surface area contributed by atoms with Gasteiger partial charge in [-0.2, -0.15) is 0 Å². The van der Waals surface area contributed by atoms with Crippen LogP contribution >= 0.6 is 0 Å². The number of carbonyl (C=O) groups is 2. The SMILES string of the molecule is Cn1c2cc(O)ccc2c2c3c(c4c5ccc(O)cc5[nH]c4c21)C(=O)OC3=O. The van der Waals surface area contributed by atoms with Gasteiger partial charge >= 0.3 is 11.9 Å². The largest absolute Gasteiger partial charge is 0.508 e. The lowest BCUT2D eigenvalue weighted by Gasteiger charge is -2.03. The first-order chi connectivity index (χ1) is 13.5. The first-order valence-electron chi connectivity index (χ1n) is 8.63. The minimum absolute atomic E-state index is 0.0903. The average molecular weight is 372 g/mol. The fraction of sp³-hybridized carbons (Fsp3) is 0.0476. The Morgan fingerprint density at radius 3 is 2.29 bits per heavy atom. The Kier molecular flexibility index (Phi) is 2.50. The molecule has 3 aromatic carbocycles. The first-order valence-corrected chi connectivity index (χ1v) is 8.63. The number of aromatic hydroxyl groups is 2. The summed E-state index contributed by atoms with van der Waals surface area (Å²) >= 11 is 0. The smallest absolute Gasteiger partial charge is 0.347 e. The molecule has 0 unspecified atom stereocenters. The number of esters is 2. The van der Waals surface area contributed by atoms with E-state index in [0.717, 1.165) is 16.4 Å². The number of benzene rings is 3. The molecular formula is C21H12N2O5. The van der Waals surface area contributed by atoms with Crippen LogP contribution in [0.5, 0.6) is 11.5 Å². The van der Waals surface area contributed by atoms with Gasteiger partial charge in [0.05, 0.1) is 33.2 Å². The maximum atomic E-state index is 12.6. The van der Waals surface area contributed by atoms with E-state index in [1.165, 1.54) is 6.07 Å². The lowest BCUT2D eigenvalue weighted by molar-refractivity contribution is 0.0445. The Labute approximate surface area is 156 Å². The van der Waals surface area contributed by atoms with Crippen molar-refractivity contribution < 1.29 is 24.5 Å². The van der Waals surface area contributed by atoms with Crippen LogP contribution in [0.15, 0.2) is 36.4 Å². The normalized spacial score (nSPS) is 13.9. The summed E-state index contributed by atoms with van der Waals surface area (Å²) < 4.78 is 6.85. The van der Waals surface area contributed by atoms with Gasteiger partial charge < -0.3 is 24.5 Å². The quantitative estimate of drug-likeness (QED) is 0.284. The molecule has 0 fully saturated rings. The molecule has 0 saturated carbocycles. The molecule has 0 radical (unpaired) electrons. The van der Waals surface area contributed by atoms with Crippen molar-refractivity contribution in [2.45, 2.75) is 0 Å². The number of aromatic amines is 1. The van der Waals surface area contributed by atoms with E-state index in [9.17, 15) is 19.8 Å². The van der Waals surface area contributed by atoms with Crippen molar-refractivity contribution in [3.05, 3.63) is 47.5 Å². The maximum absolute atomic E-state index is 12.6. The van der Waals surface area contributed by atoms with E-state index in [1.54, 1.807) is 30.3 Å². The number of carbonyl (C=O) groups excluding carboxylic acids is 2. The number of aromatic nitrogens is 2. The Morgan fingerprint density at radius 2 is 1.54 bits per heavy atom. The number of phenolic OH excluding ortho intramolecular Hbond substituents is 2. The lowest BCUT2D eigenvalue weighted by Crippen LogP contribution is -1.97. The summed E-state index contributed by atoms with van der Waals surface area (Å²) in [4.78, 5) is 28.5. The number of rotatable bonds is 0. The summed E-state index contributed by atoms with van der Waals surface area (Å²) in [6, 6.07) is 9.70. The van der Waals surface area contributed by atoms with E-state index in [2.05, 4.69) is 4.98 Å². The van der Waals surface area contributed by atoms with Crippen LogP contribution in [0.3, 0.4) is 0 Å². The number of cyclic esters (lactones) is 2. The predicted molar refractivity (Wildman–Crippen MR) is 103 cm³/mol.